The minimum atomic E-state index is 0.223. The number of nitrogens with one attached hydrogen (secondary N) is 2. The first-order valence-corrected chi connectivity index (χ1v) is 7.58. The van der Waals surface area contributed by atoms with Crippen LogP contribution in [0.25, 0.3) is 0 Å². The average Bonchev–Trinajstić information content (AvgIpc) is 2.99. The summed E-state index contributed by atoms with van der Waals surface area (Å²) >= 11 is 0. The lowest BCUT2D eigenvalue weighted by atomic mass is 9.77. The zero-order valence-corrected chi connectivity index (χ0v) is 11.9. The van der Waals surface area contributed by atoms with Gasteiger partial charge >= 0.3 is 0 Å². The quantitative estimate of drug-likeness (QED) is 0.789. The molecule has 3 nitrogen and oxygen atoms in total. The van der Waals surface area contributed by atoms with Crippen LogP contribution in [0.1, 0.15) is 58.8 Å². The molecule has 0 aromatic rings. The molecule has 104 valence electrons. The third-order valence-corrected chi connectivity index (χ3v) is 4.80. The van der Waals surface area contributed by atoms with Crippen molar-refractivity contribution >= 4 is 5.91 Å². The highest BCUT2D eigenvalue weighted by atomic mass is 16.1. The van der Waals surface area contributed by atoms with Crippen LogP contribution in [-0.2, 0) is 4.79 Å². The van der Waals surface area contributed by atoms with Crippen LogP contribution in [-0.4, -0.2) is 25.0 Å². The zero-order chi connectivity index (χ0) is 13.0. The highest BCUT2D eigenvalue weighted by molar-refractivity contribution is 5.76. The first kappa shape index (κ1) is 13.9. The second-order valence-corrected chi connectivity index (χ2v) is 6.74. The third kappa shape index (κ3) is 3.71. The molecule has 0 aromatic carbocycles. The molecular weight excluding hydrogens is 224 g/mol. The molecule has 1 heterocycles. The summed E-state index contributed by atoms with van der Waals surface area (Å²) in [5.41, 5.74) is 0.259. The van der Waals surface area contributed by atoms with Crippen molar-refractivity contribution in [3.8, 4) is 0 Å². The second kappa shape index (κ2) is 6.05. The molecule has 1 amide bonds. The number of hydrogen-bond donors (Lipinski definition) is 2. The molecule has 1 aliphatic heterocycles. The van der Waals surface area contributed by atoms with Gasteiger partial charge in [0.05, 0.1) is 0 Å². The molecule has 2 rings (SSSR count). The first-order valence-electron chi connectivity index (χ1n) is 7.58. The summed E-state index contributed by atoms with van der Waals surface area (Å²) in [6.07, 6.45) is 8.44. The normalized spacial score (nSPS) is 25.6. The SMILES string of the molecule is CC(C)(CNC(=O)CC1CCCN1)C1CCCC1. The van der Waals surface area contributed by atoms with E-state index in [1.165, 1.54) is 32.1 Å². The van der Waals surface area contributed by atoms with Gasteiger partial charge in [-0.3, -0.25) is 4.79 Å². The summed E-state index contributed by atoms with van der Waals surface area (Å²) in [6.45, 7) is 6.52. The Morgan fingerprint density at radius 1 is 1.22 bits per heavy atom. The van der Waals surface area contributed by atoms with Gasteiger partial charge < -0.3 is 10.6 Å². The minimum absolute atomic E-state index is 0.223. The average molecular weight is 252 g/mol. The molecule has 1 unspecified atom stereocenters. The summed E-state index contributed by atoms with van der Waals surface area (Å²) in [5.74, 6) is 1.02. The van der Waals surface area contributed by atoms with Gasteiger partial charge in [0.25, 0.3) is 0 Å². The highest BCUT2D eigenvalue weighted by Gasteiger charge is 2.32. The fraction of sp³-hybridized carbons (Fsp3) is 0.933. The summed E-state index contributed by atoms with van der Waals surface area (Å²) in [6, 6.07) is 0.416. The molecule has 18 heavy (non-hydrogen) atoms. The van der Waals surface area contributed by atoms with Gasteiger partial charge in [-0.15, -0.1) is 0 Å². The summed E-state index contributed by atoms with van der Waals surface area (Å²) in [5, 5.41) is 6.53. The van der Waals surface area contributed by atoms with Crippen LogP contribution in [0.15, 0.2) is 0 Å². The van der Waals surface area contributed by atoms with Crippen molar-refractivity contribution in [2.24, 2.45) is 11.3 Å². The van der Waals surface area contributed by atoms with Gasteiger partial charge in [0, 0.05) is 19.0 Å². The van der Waals surface area contributed by atoms with Crippen molar-refractivity contribution in [2.45, 2.75) is 64.8 Å². The predicted molar refractivity (Wildman–Crippen MR) is 74.4 cm³/mol. The topological polar surface area (TPSA) is 41.1 Å². The van der Waals surface area contributed by atoms with E-state index < -0.39 is 0 Å². The number of rotatable bonds is 5. The van der Waals surface area contributed by atoms with Crippen LogP contribution < -0.4 is 10.6 Å². The Kier molecular flexibility index (Phi) is 4.66. The molecule has 1 aliphatic carbocycles. The van der Waals surface area contributed by atoms with Crippen molar-refractivity contribution in [3.05, 3.63) is 0 Å². The summed E-state index contributed by atoms with van der Waals surface area (Å²) in [4.78, 5) is 11.9. The van der Waals surface area contributed by atoms with E-state index in [4.69, 9.17) is 0 Å². The van der Waals surface area contributed by atoms with Gasteiger partial charge in [-0.1, -0.05) is 26.7 Å². The van der Waals surface area contributed by atoms with E-state index in [1.54, 1.807) is 0 Å². The molecule has 2 aliphatic rings. The molecule has 2 N–H and O–H groups in total. The molecule has 1 atom stereocenters. The smallest absolute Gasteiger partial charge is 0.221 e. The molecule has 0 radical (unpaired) electrons. The number of carbonyl (C=O) groups excluding carboxylic acids is 1. The van der Waals surface area contributed by atoms with E-state index in [0.717, 1.165) is 25.4 Å². The predicted octanol–water partition coefficient (Wildman–Crippen LogP) is 2.46. The maximum absolute atomic E-state index is 11.9. The van der Waals surface area contributed by atoms with Crippen LogP contribution in [0.2, 0.25) is 0 Å². The van der Waals surface area contributed by atoms with Crippen molar-refractivity contribution in [2.75, 3.05) is 13.1 Å². The first-order chi connectivity index (χ1) is 8.58. The third-order valence-electron chi connectivity index (χ3n) is 4.80. The van der Waals surface area contributed by atoms with Crippen molar-refractivity contribution in [1.29, 1.82) is 0 Å². The molecular formula is C15H28N2O. The van der Waals surface area contributed by atoms with Crippen molar-refractivity contribution in [1.82, 2.24) is 10.6 Å². The largest absolute Gasteiger partial charge is 0.356 e. The maximum atomic E-state index is 11.9. The fourth-order valence-corrected chi connectivity index (χ4v) is 3.40. The van der Waals surface area contributed by atoms with Gasteiger partial charge in [-0.2, -0.15) is 0 Å². The van der Waals surface area contributed by atoms with Gasteiger partial charge in [-0.25, -0.2) is 0 Å². The Morgan fingerprint density at radius 2 is 1.94 bits per heavy atom. The molecule has 3 heteroatoms. The Labute approximate surface area is 111 Å². The molecule has 1 saturated carbocycles. The lowest BCUT2D eigenvalue weighted by Gasteiger charge is -2.32. The Morgan fingerprint density at radius 3 is 2.56 bits per heavy atom. The summed E-state index contributed by atoms with van der Waals surface area (Å²) in [7, 11) is 0. The van der Waals surface area contributed by atoms with E-state index in [-0.39, 0.29) is 11.3 Å². The Balaban J connectivity index is 1.70. The fourth-order valence-electron chi connectivity index (χ4n) is 3.40. The van der Waals surface area contributed by atoms with Gasteiger partial charge in [0.2, 0.25) is 5.91 Å². The number of carbonyl (C=O) groups is 1. The number of hydrogen-bond acceptors (Lipinski definition) is 2. The van der Waals surface area contributed by atoms with Gasteiger partial charge in [0.15, 0.2) is 0 Å². The van der Waals surface area contributed by atoms with Crippen molar-refractivity contribution in [3.63, 3.8) is 0 Å². The zero-order valence-electron chi connectivity index (χ0n) is 11.9. The molecule has 2 fully saturated rings. The van der Waals surface area contributed by atoms with Crippen molar-refractivity contribution < 1.29 is 4.79 Å². The van der Waals surface area contributed by atoms with E-state index in [1.807, 2.05) is 0 Å². The van der Waals surface area contributed by atoms with Crippen LogP contribution in [0.5, 0.6) is 0 Å². The van der Waals surface area contributed by atoms with Crippen LogP contribution in [0.4, 0.5) is 0 Å². The van der Waals surface area contributed by atoms with E-state index in [2.05, 4.69) is 24.5 Å². The monoisotopic (exact) mass is 252 g/mol. The molecule has 0 aromatic heterocycles. The Bertz CT molecular complexity index is 276. The van der Waals surface area contributed by atoms with Crippen LogP contribution in [0.3, 0.4) is 0 Å². The lowest BCUT2D eigenvalue weighted by Crippen LogP contribution is -2.40. The number of amides is 1. The summed E-state index contributed by atoms with van der Waals surface area (Å²) < 4.78 is 0. The highest BCUT2D eigenvalue weighted by Crippen LogP contribution is 2.38. The molecule has 0 spiro atoms. The van der Waals surface area contributed by atoms with E-state index in [0.29, 0.717) is 12.5 Å². The second-order valence-electron chi connectivity index (χ2n) is 6.74. The molecule has 1 saturated heterocycles. The van der Waals surface area contributed by atoms with Gasteiger partial charge in [-0.05, 0) is 43.6 Å². The standard InChI is InChI=1S/C15H28N2O/c1-15(2,12-6-3-4-7-12)11-17-14(18)10-13-8-5-9-16-13/h12-13,16H,3-11H2,1-2H3,(H,17,18). The van der Waals surface area contributed by atoms with E-state index >= 15 is 0 Å². The lowest BCUT2D eigenvalue weighted by molar-refractivity contribution is -0.122. The Hall–Kier alpha value is -0.570. The molecule has 0 bridgehead atoms. The van der Waals surface area contributed by atoms with Crippen LogP contribution in [0, 0.1) is 11.3 Å². The maximum Gasteiger partial charge on any atom is 0.221 e. The van der Waals surface area contributed by atoms with Crippen LogP contribution >= 0.6 is 0 Å². The minimum Gasteiger partial charge on any atom is -0.356 e. The van der Waals surface area contributed by atoms with E-state index in [9.17, 15) is 4.79 Å². The van der Waals surface area contributed by atoms with Gasteiger partial charge in [0.1, 0.15) is 0 Å².